The van der Waals surface area contributed by atoms with Crippen LogP contribution < -0.4 is 9.61 Å². The number of hydrogen-bond acceptors (Lipinski definition) is 6. The molecule has 1 heterocycles. The SMILES string of the molecule is CN(Cc1cccc(-c2ccc(Cc3sc(=O)[nH]c3O)cc2)c1)C(=O)c1ccc(-c2ccc(OCC(=O)O)cc2)cc1. The predicted octanol–water partition coefficient (Wildman–Crippen LogP) is 5.80. The van der Waals surface area contributed by atoms with Crippen LogP contribution in [0.4, 0.5) is 0 Å². The van der Waals surface area contributed by atoms with Crippen molar-refractivity contribution in [1.29, 1.82) is 0 Å². The molecule has 0 aliphatic heterocycles. The molecule has 5 rings (SSSR count). The van der Waals surface area contributed by atoms with E-state index in [9.17, 15) is 19.5 Å². The van der Waals surface area contributed by atoms with Gasteiger partial charge in [0.25, 0.3) is 5.91 Å². The van der Waals surface area contributed by atoms with Gasteiger partial charge in [-0.25, -0.2) is 4.79 Å². The number of aromatic nitrogens is 1. The first-order chi connectivity index (χ1) is 20.2. The number of aromatic hydroxyl groups is 1. The average molecular weight is 581 g/mol. The normalized spacial score (nSPS) is 10.8. The topological polar surface area (TPSA) is 120 Å². The van der Waals surface area contributed by atoms with E-state index in [2.05, 4.69) is 11.1 Å². The number of amides is 1. The number of carbonyl (C=O) groups is 2. The van der Waals surface area contributed by atoms with Crippen molar-refractivity contribution >= 4 is 23.2 Å². The van der Waals surface area contributed by atoms with Crippen molar-refractivity contribution in [3.8, 4) is 33.9 Å². The Morgan fingerprint density at radius 3 is 2.07 bits per heavy atom. The second-order valence-corrected chi connectivity index (χ2v) is 10.9. The molecule has 4 aromatic carbocycles. The first kappa shape index (κ1) is 28.4. The molecule has 0 fully saturated rings. The van der Waals surface area contributed by atoms with Crippen LogP contribution >= 0.6 is 11.3 Å². The lowest BCUT2D eigenvalue weighted by atomic mass is 10.0. The Bertz CT molecular complexity index is 1760. The van der Waals surface area contributed by atoms with E-state index < -0.39 is 12.6 Å². The quantitative estimate of drug-likeness (QED) is 0.192. The molecule has 0 aliphatic carbocycles. The molecule has 1 aromatic heterocycles. The Hall–Kier alpha value is -5.15. The zero-order valence-corrected chi connectivity index (χ0v) is 23.6. The van der Waals surface area contributed by atoms with E-state index in [4.69, 9.17) is 9.84 Å². The summed E-state index contributed by atoms with van der Waals surface area (Å²) in [7, 11) is 1.78. The van der Waals surface area contributed by atoms with Gasteiger partial charge in [0.05, 0.1) is 4.88 Å². The fraction of sp³-hybridized carbons (Fsp3) is 0.121. The van der Waals surface area contributed by atoms with Gasteiger partial charge in [0.1, 0.15) is 5.75 Å². The Kier molecular flexibility index (Phi) is 8.50. The lowest BCUT2D eigenvalue weighted by Gasteiger charge is -2.18. The van der Waals surface area contributed by atoms with Crippen LogP contribution in [0.1, 0.15) is 26.4 Å². The van der Waals surface area contributed by atoms with Crippen LogP contribution in [0.2, 0.25) is 0 Å². The number of H-pyrrole nitrogens is 1. The third-order valence-corrected chi connectivity index (χ3v) is 7.60. The van der Waals surface area contributed by atoms with Gasteiger partial charge in [-0.3, -0.25) is 14.6 Å². The minimum absolute atomic E-state index is 0.0760. The largest absolute Gasteiger partial charge is 0.494 e. The fourth-order valence-electron chi connectivity index (χ4n) is 4.58. The van der Waals surface area contributed by atoms with E-state index in [0.717, 1.165) is 44.7 Å². The number of benzene rings is 4. The number of carboxylic acids is 1. The highest BCUT2D eigenvalue weighted by Gasteiger charge is 2.13. The fourth-order valence-corrected chi connectivity index (χ4v) is 5.34. The van der Waals surface area contributed by atoms with Crippen LogP contribution in [-0.2, 0) is 17.8 Å². The zero-order chi connectivity index (χ0) is 29.6. The molecule has 0 saturated heterocycles. The molecule has 212 valence electrons. The maximum atomic E-state index is 13.2. The first-order valence-corrected chi connectivity index (χ1v) is 14.0. The summed E-state index contributed by atoms with van der Waals surface area (Å²) in [5, 5.41) is 18.6. The van der Waals surface area contributed by atoms with E-state index in [1.165, 1.54) is 0 Å². The molecule has 8 nitrogen and oxygen atoms in total. The van der Waals surface area contributed by atoms with Gasteiger partial charge in [-0.1, -0.05) is 78.1 Å². The van der Waals surface area contributed by atoms with Gasteiger partial charge in [-0.15, -0.1) is 0 Å². The molecule has 0 spiro atoms. The van der Waals surface area contributed by atoms with Gasteiger partial charge in [-0.05, 0) is 63.7 Å². The van der Waals surface area contributed by atoms with Crippen LogP contribution in [-0.4, -0.2) is 45.6 Å². The summed E-state index contributed by atoms with van der Waals surface area (Å²) < 4.78 is 5.18. The van der Waals surface area contributed by atoms with Gasteiger partial charge >= 0.3 is 10.8 Å². The average Bonchev–Trinajstić information content (AvgIpc) is 3.32. The molecular weight excluding hydrogens is 552 g/mol. The molecule has 5 aromatic rings. The van der Waals surface area contributed by atoms with Crippen molar-refractivity contribution in [3.05, 3.63) is 128 Å². The number of nitrogens with zero attached hydrogens (tertiary/aromatic N) is 1. The van der Waals surface area contributed by atoms with Crippen molar-refractivity contribution in [3.63, 3.8) is 0 Å². The third-order valence-electron chi connectivity index (χ3n) is 6.73. The summed E-state index contributed by atoms with van der Waals surface area (Å²) in [6, 6.07) is 30.5. The van der Waals surface area contributed by atoms with E-state index in [1.54, 1.807) is 36.2 Å². The van der Waals surface area contributed by atoms with Crippen molar-refractivity contribution in [2.75, 3.05) is 13.7 Å². The van der Waals surface area contributed by atoms with Gasteiger partial charge in [0.2, 0.25) is 5.88 Å². The number of nitrogens with one attached hydrogen (secondary N) is 1. The molecule has 0 saturated carbocycles. The Labute approximate surface area is 246 Å². The van der Waals surface area contributed by atoms with E-state index >= 15 is 0 Å². The number of aliphatic carboxylic acids is 1. The Morgan fingerprint density at radius 2 is 1.45 bits per heavy atom. The summed E-state index contributed by atoms with van der Waals surface area (Å²) in [6.07, 6.45) is 0.472. The highest BCUT2D eigenvalue weighted by molar-refractivity contribution is 7.09. The number of carbonyl (C=O) groups excluding carboxylic acids is 1. The molecule has 3 N–H and O–H groups in total. The minimum Gasteiger partial charge on any atom is -0.494 e. The number of rotatable bonds is 10. The second kappa shape index (κ2) is 12.6. The van der Waals surface area contributed by atoms with Crippen LogP contribution in [0, 0.1) is 0 Å². The molecular formula is C33H28N2O6S. The third kappa shape index (κ3) is 6.94. The lowest BCUT2D eigenvalue weighted by molar-refractivity contribution is -0.139. The zero-order valence-electron chi connectivity index (χ0n) is 22.7. The van der Waals surface area contributed by atoms with Gasteiger partial charge in [-0.2, -0.15) is 0 Å². The summed E-state index contributed by atoms with van der Waals surface area (Å²) in [6.45, 7) is 0.0466. The maximum Gasteiger partial charge on any atom is 0.341 e. The molecule has 0 aliphatic rings. The van der Waals surface area contributed by atoms with E-state index in [-0.39, 0.29) is 16.7 Å². The van der Waals surface area contributed by atoms with Crippen molar-refractivity contribution in [1.82, 2.24) is 9.88 Å². The minimum atomic E-state index is -1.03. The summed E-state index contributed by atoms with van der Waals surface area (Å²) in [5.41, 5.74) is 6.46. The highest BCUT2D eigenvalue weighted by atomic mass is 32.1. The van der Waals surface area contributed by atoms with Crippen molar-refractivity contribution in [2.45, 2.75) is 13.0 Å². The standard InChI is InChI=1S/C33H28N2O6S/c1-35(32(39)26-11-9-23(10-12-26)24-13-15-28(16-14-24)41-20-30(36)37)19-22-3-2-4-27(17-22)25-7-5-21(6-8-25)18-29-31(38)34-33(40)42-29/h2-17,38H,18-20H2,1H3,(H,34,40)(H,36,37). The van der Waals surface area contributed by atoms with Crippen molar-refractivity contribution in [2.24, 2.45) is 0 Å². The number of aromatic amines is 1. The first-order valence-electron chi connectivity index (χ1n) is 13.1. The van der Waals surface area contributed by atoms with Gasteiger partial charge in [0, 0.05) is 25.6 Å². The Morgan fingerprint density at radius 1 is 0.833 bits per heavy atom. The Balaban J connectivity index is 1.21. The number of hydrogen-bond donors (Lipinski definition) is 3. The van der Waals surface area contributed by atoms with Crippen LogP contribution in [0.3, 0.4) is 0 Å². The van der Waals surface area contributed by atoms with E-state index in [0.29, 0.717) is 29.2 Å². The summed E-state index contributed by atoms with van der Waals surface area (Å²) >= 11 is 1.01. The van der Waals surface area contributed by atoms with Crippen LogP contribution in [0.25, 0.3) is 22.3 Å². The molecule has 9 heteroatoms. The maximum absolute atomic E-state index is 13.2. The lowest BCUT2D eigenvalue weighted by Crippen LogP contribution is -2.26. The molecule has 0 radical (unpaired) electrons. The monoisotopic (exact) mass is 580 g/mol. The number of thiazole rings is 1. The van der Waals surface area contributed by atoms with Crippen LogP contribution in [0.5, 0.6) is 11.6 Å². The van der Waals surface area contributed by atoms with E-state index in [1.807, 2.05) is 66.7 Å². The number of ether oxygens (including phenoxy) is 1. The molecule has 0 atom stereocenters. The summed E-state index contributed by atoms with van der Waals surface area (Å²) in [5.74, 6) is -0.724. The predicted molar refractivity (Wildman–Crippen MR) is 162 cm³/mol. The number of carboxylic acid groups (broad SMARTS) is 1. The molecule has 1 amide bonds. The smallest absolute Gasteiger partial charge is 0.341 e. The molecule has 0 bridgehead atoms. The van der Waals surface area contributed by atoms with Gasteiger partial charge in [0.15, 0.2) is 6.61 Å². The van der Waals surface area contributed by atoms with Gasteiger partial charge < -0.3 is 19.8 Å². The highest BCUT2D eigenvalue weighted by Crippen LogP contribution is 2.26. The second-order valence-electron chi connectivity index (χ2n) is 9.81. The molecule has 42 heavy (non-hydrogen) atoms. The van der Waals surface area contributed by atoms with Crippen molar-refractivity contribution < 1.29 is 24.5 Å². The van der Waals surface area contributed by atoms with Crippen LogP contribution in [0.15, 0.2) is 102 Å². The summed E-state index contributed by atoms with van der Waals surface area (Å²) in [4.78, 5) is 39.7. The molecule has 0 unspecified atom stereocenters.